The second kappa shape index (κ2) is 6.93. The van der Waals surface area contributed by atoms with Crippen LogP contribution in [-0.2, 0) is 6.54 Å². The third-order valence-electron chi connectivity index (χ3n) is 2.93. The van der Waals surface area contributed by atoms with Crippen LogP contribution in [0.4, 0.5) is 0 Å². The summed E-state index contributed by atoms with van der Waals surface area (Å²) in [7, 11) is 0. The van der Waals surface area contributed by atoms with Crippen molar-refractivity contribution in [3.8, 4) is 11.8 Å². The number of nitrogens with zero attached hydrogens (tertiary/aromatic N) is 1. The molecule has 108 valence electrons. The van der Waals surface area contributed by atoms with E-state index in [1.807, 2.05) is 6.92 Å². The normalized spacial score (nSPS) is 9.86. The summed E-state index contributed by atoms with van der Waals surface area (Å²) in [4.78, 5) is 12.1. The predicted octanol–water partition coefficient (Wildman–Crippen LogP) is 1.61. The van der Waals surface area contributed by atoms with E-state index < -0.39 is 0 Å². The number of rotatable bonds is 3. The average Bonchev–Trinajstić information content (AvgIpc) is 2.88. The molecule has 0 aliphatic rings. The van der Waals surface area contributed by atoms with Crippen molar-refractivity contribution in [1.29, 1.82) is 0 Å². The van der Waals surface area contributed by atoms with Gasteiger partial charge in [-0.2, -0.15) is 5.10 Å². The van der Waals surface area contributed by atoms with Gasteiger partial charge in [0, 0.05) is 28.9 Å². The number of hydrogen-bond acceptors (Lipinski definition) is 3. The largest absolute Gasteiger partial charge is 0.348 e. The second-order valence-electron chi connectivity index (χ2n) is 4.40. The van der Waals surface area contributed by atoms with Gasteiger partial charge >= 0.3 is 0 Å². The second-order valence-corrected chi connectivity index (χ2v) is 4.81. The zero-order valence-corrected chi connectivity index (χ0v) is 12.3. The fourth-order valence-corrected chi connectivity index (χ4v) is 1.96. The molecule has 4 N–H and O–H groups in total. The summed E-state index contributed by atoms with van der Waals surface area (Å²) in [5, 5.41) is 9.98. The molecule has 5 nitrogen and oxygen atoms in total. The molecule has 0 fully saturated rings. The lowest BCUT2D eigenvalue weighted by atomic mass is 10.1. The first kappa shape index (κ1) is 15.1. The van der Waals surface area contributed by atoms with Gasteiger partial charge in [0.2, 0.25) is 0 Å². The molecule has 0 radical (unpaired) electrons. The summed E-state index contributed by atoms with van der Waals surface area (Å²) in [6.07, 6.45) is 1.69. The van der Waals surface area contributed by atoms with Crippen LogP contribution in [0.1, 0.15) is 27.2 Å². The van der Waals surface area contributed by atoms with Gasteiger partial charge in [0.05, 0.1) is 17.8 Å². The highest BCUT2D eigenvalue weighted by Gasteiger charge is 2.09. The van der Waals surface area contributed by atoms with Crippen molar-refractivity contribution >= 4 is 17.5 Å². The Morgan fingerprint density at radius 3 is 2.95 bits per heavy atom. The van der Waals surface area contributed by atoms with E-state index in [4.69, 9.17) is 17.3 Å². The molecule has 0 saturated heterocycles. The molecule has 1 heterocycles. The number of carbonyl (C=O) groups excluding carboxylic acids is 1. The Bertz CT molecular complexity index is 712. The molecule has 0 bridgehead atoms. The van der Waals surface area contributed by atoms with Gasteiger partial charge < -0.3 is 11.1 Å². The number of nitrogens with two attached hydrogens (primary N) is 1. The molecule has 6 heteroatoms. The van der Waals surface area contributed by atoms with E-state index in [-0.39, 0.29) is 12.5 Å². The standard InChI is InChI=1S/C15H15ClN4O/c1-10-13(9-19-20-10)8-18-15(21)12-5-4-11(3-2-6-17)14(16)7-12/h4-5,7,9H,6,8,17H2,1H3,(H,18,21)(H,19,20). The monoisotopic (exact) mass is 302 g/mol. The van der Waals surface area contributed by atoms with Crippen molar-refractivity contribution < 1.29 is 4.79 Å². The highest BCUT2D eigenvalue weighted by Crippen LogP contribution is 2.17. The molecular formula is C15H15ClN4O. The molecule has 0 atom stereocenters. The van der Waals surface area contributed by atoms with Gasteiger partial charge in [0.1, 0.15) is 0 Å². The zero-order valence-electron chi connectivity index (χ0n) is 11.5. The molecule has 1 aromatic carbocycles. The quantitative estimate of drug-likeness (QED) is 0.753. The molecule has 1 amide bonds. The number of aromatic nitrogens is 2. The highest BCUT2D eigenvalue weighted by molar-refractivity contribution is 6.32. The van der Waals surface area contributed by atoms with Crippen LogP contribution < -0.4 is 11.1 Å². The number of halogens is 1. The van der Waals surface area contributed by atoms with Crippen molar-refractivity contribution in [2.24, 2.45) is 5.73 Å². The molecule has 0 saturated carbocycles. The Hall–Kier alpha value is -2.29. The Kier molecular flexibility index (Phi) is 4.99. The number of aromatic amines is 1. The van der Waals surface area contributed by atoms with Crippen LogP contribution >= 0.6 is 11.6 Å². The molecule has 2 aromatic rings. The fourth-order valence-electron chi connectivity index (χ4n) is 1.74. The van der Waals surface area contributed by atoms with Crippen LogP contribution in [0.15, 0.2) is 24.4 Å². The van der Waals surface area contributed by atoms with E-state index in [1.165, 1.54) is 0 Å². The first-order chi connectivity index (χ1) is 10.1. The SMILES string of the molecule is Cc1[nH]ncc1CNC(=O)c1ccc(C#CCN)c(Cl)c1. The first-order valence-corrected chi connectivity index (χ1v) is 6.75. The minimum atomic E-state index is -0.198. The number of amides is 1. The number of hydrogen-bond donors (Lipinski definition) is 3. The maximum absolute atomic E-state index is 12.1. The number of aryl methyl sites for hydroxylation is 1. The van der Waals surface area contributed by atoms with Crippen LogP contribution in [-0.4, -0.2) is 22.6 Å². The van der Waals surface area contributed by atoms with Crippen LogP contribution in [0.5, 0.6) is 0 Å². The minimum absolute atomic E-state index is 0.198. The molecule has 21 heavy (non-hydrogen) atoms. The number of carbonyl (C=O) groups is 1. The maximum atomic E-state index is 12.1. The Labute approximate surface area is 127 Å². The number of nitrogens with one attached hydrogen (secondary N) is 2. The van der Waals surface area contributed by atoms with Gasteiger partial charge in [-0.1, -0.05) is 23.4 Å². The number of H-pyrrole nitrogens is 1. The fraction of sp³-hybridized carbons (Fsp3) is 0.200. The molecule has 1 aromatic heterocycles. The summed E-state index contributed by atoms with van der Waals surface area (Å²) in [6, 6.07) is 4.99. The van der Waals surface area contributed by atoms with Gasteiger partial charge in [-0.3, -0.25) is 9.89 Å². The molecule has 0 aliphatic carbocycles. The van der Waals surface area contributed by atoms with E-state index in [1.54, 1.807) is 24.4 Å². The van der Waals surface area contributed by atoms with E-state index in [2.05, 4.69) is 27.4 Å². The molecular weight excluding hydrogens is 288 g/mol. The van der Waals surface area contributed by atoms with Gasteiger partial charge in [0.25, 0.3) is 5.91 Å². The summed E-state index contributed by atoms with van der Waals surface area (Å²) >= 11 is 6.10. The van der Waals surface area contributed by atoms with Gasteiger partial charge in [-0.25, -0.2) is 0 Å². The van der Waals surface area contributed by atoms with Gasteiger partial charge in [-0.05, 0) is 25.1 Å². The van der Waals surface area contributed by atoms with Crippen LogP contribution in [0.3, 0.4) is 0 Å². The van der Waals surface area contributed by atoms with Crippen molar-refractivity contribution in [3.05, 3.63) is 51.8 Å². The summed E-state index contributed by atoms with van der Waals surface area (Å²) < 4.78 is 0. The van der Waals surface area contributed by atoms with Gasteiger partial charge in [-0.15, -0.1) is 0 Å². The lowest BCUT2D eigenvalue weighted by molar-refractivity contribution is 0.0951. The number of benzene rings is 1. The first-order valence-electron chi connectivity index (χ1n) is 6.37. The lowest BCUT2D eigenvalue weighted by Crippen LogP contribution is -2.22. The summed E-state index contributed by atoms with van der Waals surface area (Å²) in [6.45, 7) is 2.58. The van der Waals surface area contributed by atoms with E-state index >= 15 is 0 Å². The summed E-state index contributed by atoms with van der Waals surface area (Å²) in [5.74, 6) is 5.38. The molecule has 0 aliphatic heterocycles. The third-order valence-corrected chi connectivity index (χ3v) is 3.24. The average molecular weight is 303 g/mol. The topological polar surface area (TPSA) is 83.8 Å². The molecule has 0 spiro atoms. The minimum Gasteiger partial charge on any atom is -0.348 e. The van der Waals surface area contributed by atoms with E-state index in [9.17, 15) is 4.79 Å². The maximum Gasteiger partial charge on any atom is 0.251 e. The zero-order chi connectivity index (χ0) is 15.2. The molecule has 2 rings (SSSR count). The molecule has 0 unspecified atom stereocenters. The van der Waals surface area contributed by atoms with Crippen molar-refractivity contribution in [3.63, 3.8) is 0 Å². The highest BCUT2D eigenvalue weighted by atomic mass is 35.5. The van der Waals surface area contributed by atoms with Crippen LogP contribution in [0, 0.1) is 18.8 Å². The lowest BCUT2D eigenvalue weighted by Gasteiger charge is -2.06. The predicted molar refractivity (Wildman–Crippen MR) is 81.9 cm³/mol. The van der Waals surface area contributed by atoms with Crippen molar-refractivity contribution in [2.45, 2.75) is 13.5 Å². The van der Waals surface area contributed by atoms with E-state index in [0.29, 0.717) is 22.7 Å². The Morgan fingerprint density at radius 1 is 1.52 bits per heavy atom. The van der Waals surface area contributed by atoms with Gasteiger partial charge in [0.15, 0.2) is 0 Å². The Balaban J connectivity index is 2.06. The van der Waals surface area contributed by atoms with Crippen molar-refractivity contribution in [2.75, 3.05) is 6.54 Å². The van der Waals surface area contributed by atoms with Crippen molar-refractivity contribution in [1.82, 2.24) is 15.5 Å². The Morgan fingerprint density at radius 2 is 2.33 bits per heavy atom. The van der Waals surface area contributed by atoms with Crippen LogP contribution in [0.2, 0.25) is 5.02 Å². The van der Waals surface area contributed by atoms with Crippen LogP contribution in [0.25, 0.3) is 0 Å². The smallest absolute Gasteiger partial charge is 0.251 e. The summed E-state index contributed by atoms with van der Waals surface area (Å²) in [5.41, 5.74) is 8.33. The third kappa shape index (κ3) is 3.85. The van der Waals surface area contributed by atoms with E-state index in [0.717, 1.165) is 11.3 Å².